The summed E-state index contributed by atoms with van der Waals surface area (Å²) in [5.74, 6) is 1.43. The lowest BCUT2D eigenvalue weighted by molar-refractivity contribution is 0.587. The van der Waals surface area contributed by atoms with Gasteiger partial charge in [-0.15, -0.1) is 10.2 Å². The van der Waals surface area contributed by atoms with Gasteiger partial charge in [-0.25, -0.2) is 13.1 Å². The Morgan fingerprint density at radius 2 is 1.86 bits per heavy atom. The number of rotatable bonds is 5. The number of hydrogen-bond acceptors (Lipinski definition) is 6. The molecule has 0 spiro atoms. The Bertz CT molecular complexity index is 1300. The minimum absolute atomic E-state index is 0.242. The van der Waals surface area contributed by atoms with Crippen molar-refractivity contribution >= 4 is 38.2 Å². The summed E-state index contributed by atoms with van der Waals surface area (Å²) in [7, 11) is -2.16. The Morgan fingerprint density at radius 3 is 2.57 bits per heavy atom. The van der Waals surface area contributed by atoms with Gasteiger partial charge in [-0.05, 0) is 31.9 Å². The van der Waals surface area contributed by atoms with Gasteiger partial charge in [0.15, 0.2) is 11.5 Å². The molecule has 4 aromatic rings. The van der Waals surface area contributed by atoms with E-state index in [9.17, 15) is 8.42 Å². The summed E-state index contributed by atoms with van der Waals surface area (Å²) >= 11 is 1.64. The normalized spacial score (nSPS) is 12.1. The number of nitrogens with one attached hydrogen (secondary N) is 1. The second-order valence-electron chi connectivity index (χ2n) is 6.37. The first kappa shape index (κ1) is 18.9. The summed E-state index contributed by atoms with van der Waals surface area (Å²) in [5.41, 5.74) is 2.79. The molecule has 4 rings (SSSR count). The Balaban J connectivity index is 2.05. The van der Waals surface area contributed by atoms with Gasteiger partial charge < -0.3 is 0 Å². The maximum Gasteiger partial charge on any atom is 0.240 e. The van der Waals surface area contributed by atoms with Gasteiger partial charge >= 0.3 is 0 Å². The lowest BCUT2D eigenvalue weighted by Crippen LogP contribution is -2.19. The van der Waals surface area contributed by atoms with E-state index in [2.05, 4.69) is 14.9 Å². The Morgan fingerprint density at radius 1 is 1.11 bits per heavy atom. The number of aromatic nitrogens is 4. The Hall–Kier alpha value is -2.49. The monoisotopic (exact) mass is 413 g/mol. The van der Waals surface area contributed by atoms with E-state index in [0.717, 1.165) is 22.2 Å². The molecule has 1 N–H and O–H groups in total. The molecular weight excluding hydrogens is 394 g/mol. The molecule has 28 heavy (non-hydrogen) atoms. The molecule has 0 aliphatic carbocycles. The van der Waals surface area contributed by atoms with Crippen LogP contribution >= 0.6 is 11.8 Å². The fraction of sp³-hybridized carbons (Fsp3) is 0.211. The number of sulfonamides is 1. The van der Waals surface area contributed by atoms with Crippen LogP contribution in [0.15, 0.2) is 47.4 Å². The van der Waals surface area contributed by atoms with E-state index >= 15 is 0 Å². The molecule has 0 radical (unpaired) electrons. The molecule has 0 fully saturated rings. The molecule has 0 unspecified atom stereocenters. The lowest BCUT2D eigenvalue weighted by atomic mass is 10.0. The maximum atomic E-state index is 12.4. The highest BCUT2D eigenvalue weighted by Crippen LogP contribution is 2.31. The van der Waals surface area contributed by atoms with Gasteiger partial charge in [0, 0.05) is 16.3 Å². The van der Waals surface area contributed by atoms with Crippen LogP contribution in [0.4, 0.5) is 0 Å². The highest BCUT2D eigenvalue weighted by Gasteiger charge is 2.19. The fourth-order valence-corrected chi connectivity index (χ4v) is 4.63. The van der Waals surface area contributed by atoms with Crippen molar-refractivity contribution in [1.82, 2.24) is 24.5 Å². The van der Waals surface area contributed by atoms with Crippen LogP contribution in [0.25, 0.3) is 27.7 Å². The van der Waals surface area contributed by atoms with Gasteiger partial charge in [-0.1, -0.05) is 36.4 Å². The van der Waals surface area contributed by atoms with Crippen LogP contribution in [0.3, 0.4) is 0 Å². The first-order chi connectivity index (χ1) is 13.5. The minimum atomic E-state index is -3.57. The van der Waals surface area contributed by atoms with Crippen LogP contribution in [-0.2, 0) is 15.8 Å². The van der Waals surface area contributed by atoms with Crippen LogP contribution in [0, 0.1) is 6.92 Å². The van der Waals surface area contributed by atoms with Crippen LogP contribution in [-0.4, -0.2) is 41.5 Å². The van der Waals surface area contributed by atoms with Crippen LogP contribution in [0.5, 0.6) is 0 Å². The Labute approximate surface area is 167 Å². The minimum Gasteiger partial charge on any atom is -0.214 e. The largest absolute Gasteiger partial charge is 0.240 e. The fourth-order valence-electron chi connectivity index (χ4n) is 3.20. The maximum absolute atomic E-state index is 12.4. The van der Waals surface area contributed by atoms with Crippen LogP contribution in [0.1, 0.15) is 11.4 Å². The van der Waals surface area contributed by atoms with Gasteiger partial charge in [-0.2, -0.15) is 21.4 Å². The third-order valence-electron chi connectivity index (χ3n) is 4.62. The van der Waals surface area contributed by atoms with Crippen molar-refractivity contribution in [3.05, 3.63) is 53.9 Å². The van der Waals surface area contributed by atoms with Crippen molar-refractivity contribution in [3.8, 4) is 11.3 Å². The van der Waals surface area contributed by atoms with Crippen molar-refractivity contribution < 1.29 is 8.42 Å². The van der Waals surface area contributed by atoms with E-state index in [0.29, 0.717) is 22.7 Å². The molecule has 144 valence electrons. The number of nitrogens with zero attached hydrogens (tertiary/aromatic N) is 4. The summed E-state index contributed by atoms with van der Waals surface area (Å²) in [6.45, 7) is 1.78. The average molecular weight is 414 g/mol. The highest BCUT2D eigenvalue weighted by atomic mass is 32.2. The van der Waals surface area contributed by atoms with Crippen molar-refractivity contribution in [2.45, 2.75) is 17.6 Å². The molecule has 0 bridgehead atoms. The molecule has 2 heterocycles. The van der Waals surface area contributed by atoms with Gasteiger partial charge in [0.1, 0.15) is 0 Å². The highest BCUT2D eigenvalue weighted by molar-refractivity contribution is 7.97. The zero-order valence-corrected chi connectivity index (χ0v) is 17.3. The molecule has 9 heteroatoms. The van der Waals surface area contributed by atoms with Crippen molar-refractivity contribution in [2.24, 2.45) is 0 Å². The van der Waals surface area contributed by atoms with Crippen molar-refractivity contribution in [3.63, 3.8) is 0 Å². The van der Waals surface area contributed by atoms with Crippen LogP contribution < -0.4 is 4.72 Å². The molecule has 0 aliphatic rings. The SMILES string of the molecule is CNS(=O)(=O)c1cc(-c2nn3c(CSC)nnc3c3ccccc23)ccc1C. The van der Waals surface area contributed by atoms with Gasteiger partial charge in [0.05, 0.1) is 16.3 Å². The number of fused-ring (bicyclic) bond motifs is 3. The standard InChI is InChI=1S/C19H19N5O2S2/c1-12-8-9-13(10-16(12)28(25,26)20-2)18-14-6-4-5-7-15(14)19-22-21-17(11-27-3)24(19)23-18/h4-10,20H,11H2,1-3H3. The van der Waals surface area contributed by atoms with Gasteiger partial charge in [0.25, 0.3) is 0 Å². The molecule has 0 atom stereocenters. The third kappa shape index (κ3) is 3.05. The predicted molar refractivity (Wildman–Crippen MR) is 112 cm³/mol. The van der Waals surface area contributed by atoms with E-state index in [-0.39, 0.29) is 4.90 Å². The number of hydrogen-bond donors (Lipinski definition) is 1. The summed E-state index contributed by atoms with van der Waals surface area (Å²) < 4.78 is 29.0. The van der Waals surface area contributed by atoms with E-state index < -0.39 is 10.0 Å². The van der Waals surface area contributed by atoms with Crippen molar-refractivity contribution in [2.75, 3.05) is 13.3 Å². The molecular formula is C19H19N5O2S2. The van der Waals surface area contributed by atoms with Crippen LogP contribution in [0.2, 0.25) is 0 Å². The topological polar surface area (TPSA) is 89.2 Å². The summed E-state index contributed by atoms with van der Waals surface area (Å²) in [6, 6.07) is 13.2. The summed E-state index contributed by atoms with van der Waals surface area (Å²) in [5, 5.41) is 15.2. The zero-order chi connectivity index (χ0) is 19.9. The van der Waals surface area contributed by atoms with E-state index in [4.69, 9.17) is 5.10 Å². The molecule has 0 aliphatic heterocycles. The molecule has 2 aromatic carbocycles. The van der Waals surface area contributed by atoms with Gasteiger partial charge in [0.2, 0.25) is 10.0 Å². The quantitative estimate of drug-likeness (QED) is 0.541. The van der Waals surface area contributed by atoms with E-state index in [1.165, 1.54) is 7.05 Å². The molecule has 2 aromatic heterocycles. The number of benzene rings is 2. The average Bonchev–Trinajstić information content (AvgIpc) is 3.11. The molecule has 7 nitrogen and oxygen atoms in total. The predicted octanol–water partition coefficient (Wildman–Crippen LogP) is 3.02. The molecule has 0 saturated heterocycles. The summed E-state index contributed by atoms with van der Waals surface area (Å²) in [4.78, 5) is 0.242. The van der Waals surface area contributed by atoms with E-state index in [1.807, 2.05) is 36.6 Å². The third-order valence-corrected chi connectivity index (χ3v) is 6.72. The lowest BCUT2D eigenvalue weighted by Gasteiger charge is -2.12. The Kier molecular flexibility index (Phi) is 4.82. The zero-order valence-electron chi connectivity index (χ0n) is 15.7. The number of thioether (sulfide) groups is 1. The van der Waals surface area contributed by atoms with Crippen molar-refractivity contribution in [1.29, 1.82) is 0 Å². The first-order valence-electron chi connectivity index (χ1n) is 8.63. The molecule has 0 saturated carbocycles. The second kappa shape index (κ2) is 7.16. The van der Waals surface area contributed by atoms with E-state index in [1.54, 1.807) is 35.3 Å². The summed E-state index contributed by atoms with van der Waals surface area (Å²) in [6.07, 6.45) is 2.00. The smallest absolute Gasteiger partial charge is 0.214 e. The first-order valence-corrected chi connectivity index (χ1v) is 11.5. The van der Waals surface area contributed by atoms with Gasteiger partial charge in [-0.3, -0.25) is 0 Å². The number of aryl methyl sites for hydroxylation is 1. The second-order valence-corrected chi connectivity index (χ2v) is 9.09. The molecule has 0 amide bonds.